The Labute approximate surface area is 157 Å². The summed E-state index contributed by atoms with van der Waals surface area (Å²) in [4.78, 5) is 33.6. The molecular formula is C20H24N3O2S+. The summed E-state index contributed by atoms with van der Waals surface area (Å²) in [5.41, 5.74) is 3.68. The lowest BCUT2D eigenvalue weighted by Crippen LogP contribution is -3.12. The number of benzene rings is 1. The van der Waals surface area contributed by atoms with Gasteiger partial charge >= 0.3 is 0 Å². The molecule has 0 aliphatic rings. The predicted octanol–water partition coefficient (Wildman–Crippen LogP) is 2.73. The number of rotatable bonds is 6. The van der Waals surface area contributed by atoms with E-state index < -0.39 is 0 Å². The Morgan fingerprint density at radius 3 is 2.58 bits per heavy atom. The number of aromatic amines is 1. The predicted molar refractivity (Wildman–Crippen MR) is 104 cm³/mol. The summed E-state index contributed by atoms with van der Waals surface area (Å²) in [6.07, 6.45) is 0. The highest BCUT2D eigenvalue weighted by Gasteiger charge is 2.29. The van der Waals surface area contributed by atoms with Gasteiger partial charge < -0.3 is 9.88 Å². The van der Waals surface area contributed by atoms with Gasteiger partial charge in [0.25, 0.3) is 0 Å². The molecule has 5 nitrogen and oxygen atoms in total. The minimum Gasteiger partial charge on any atom is -0.355 e. The summed E-state index contributed by atoms with van der Waals surface area (Å²) in [7, 11) is 2.01. The maximum atomic E-state index is 13.0. The van der Waals surface area contributed by atoms with Crippen LogP contribution >= 0.6 is 11.3 Å². The fourth-order valence-corrected chi connectivity index (χ4v) is 4.41. The third-order valence-corrected chi connectivity index (χ3v) is 5.97. The van der Waals surface area contributed by atoms with E-state index in [-0.39, 0.29) is 17.6 Å². The van der Waals surface area contributed by atoms with Crippen LogP contribution in [0.5, 0.6) is 0 Å². The van der Waals surface area contributed by atoms with Crippen LogP contribution < -0.4 is 4.90 Å². The zero-order chi connectivity index (χ0) is 19.0. The van der Waals surface area contributed by atoms with Crippen molar-refractivity contribution >= 4 is 33.1 Å². The molecule has 6 heteroatoms. The zero-order valence-electron chi connectivity index (χ0n) is 15.8. The van der Waals surface area contributed by atoms with Gasteiger partial charge in [0.15, 0.2) is 11.8 Å². The molecule has 3 rings (SSSR count). The number of quaternary nitrogens is 1. The second kappa shape index (κ2) is 7.13. The Kier molecular flexibility index (Phi) is 5.07. The van der Waals surface area contributed by atoms with Crippen LogP contribution in [-0.4, -0.2) is 34.6 Å². The lowest BCUT2D eigenvalue weighted by atomic mass is 10.0. The first-order chi connectivity index (χ1) is 12.3. The fraction of sp³-hybridized carbons (Fsp3) is 0.350. The average Bonchev–Trinajstić information content (AvgIpc) is 3.12. The standard InChI is InChI=1S/C20H23N3O2S/c1-11-18(14(4)24)12(2)21-19(11)20(25)13(3)23(5)10-17-22-15-8-6-7-9-16(15)26-17/h6-9,13,21H,10H2,1-5H3/p+1/t13-/m1/s1. The van der Waals surface area contributed by atoms with E-state index in [0.29, 0.717) is 17.8 Å². The van der Waals surface area contributed by atoms with Gasteiger partial charge in [-0.25, -0.2) is 4.98 Å². The monoisotopic (exact) mass is 370 g/mol. The molecule has 2 atom stereocenters. The Balaban J connectivity index is 1.79. The van der Waals surface area contributed by atoms with Crippen molar-refractivity contribution in [2.24, 2.45) is 0 Å². The Bertz CT molecular complexity index is 953. The van der Waals surface area contributed by atoms with Crippen molar-refractivity contribution in [2.75, 3.05) is 7.05 Å². The fourth-order valence-electron chi connectivity index (χ4n) is 3.35. The van der Waals surface area contributed by atoms with Crippen LogP contribution in [0, 0.1) is 13.8 Å². The van der Waals surface area contributed by atoms with Crippen molar-refractivity contribution in [2.45, 2.75) is 40.3 Å². The third-order valence-electron chi connectivity index (χ3n) is 4.94. The first-order valence-corrected chi connectivity index (χ1v) is 9.52. The van der Waals surface area contributed by atoms with E-state index in [9.17, 15) is 9.59 Å². The van der Waals surface area contributed by atoms with Crippen molar-refractivity contribution in [1.29, 1.82) is 0 Å². The van der Waals surface area contributed by atoms with Gasteiger partial charge in [-0.2, -0.15) is 0 Å². The van der Waals surface area contributed by atoms with Gasteiger partial charge in [0.1, 0.15) is 11.6 Å². The summed E-state index contributed by atoms with van der Waals surface area (Å²) < 4.78 is 1.16. The maximum absolute atomic E-state index is 13.0. The van der Waals surface area contributed by atoms with E-state index in [2.05, 4.69) is 16.0 Å². The first kappa shape index (κ1) is 18.5. The molecule has 2 heterocycles. The lowest BCUT2D eigenvalue weighted by molar-refractivity contribution is -0.907. The number of Topliss-reactive ketones (excluding diaryl/α,β-unsaturated/α-hetero) is 2. The minimum atomic E-state index is -0.237. The molecule has 0 saturated heterocycles. The van der Waals surface area contributed by atoms with Gasteiger partial charge in [0, 0.05) is 11.3 Å². The number of para-hydroxylation sites is 1. The molecule has 1 unspecified atom stereocenters. The second-order valence-electron chi connectivity index (χ2n) is 6.87. The van der Waals surface area contributed by atoms with Gasteiger partial charge in [0.2, 0.25) is 5.78 Å². The number of hydrogen-bond acceptors (Lipinski definition) is 4. The highest BCUT2D eigenvalue weighted by atomic mass is 32.1. The van der Waals surface area contributed by atoms with Crippen molar-refractivity contribution in [3.8, 4) is 0 Å². The van der Waals surface area contributed by atoms with Crippen molar-refractivity contribution in [1.82, 2.24) is 9.97 Å². The van der Waals surface area contributed by atoms with Crippen LogP contribution in [0.15, 0.2) is 24.3 Å². The van der Waals surface area contributed by atoms with Gasteiger partial charge in [-0.15, -0.1) is 11.3 Å². The van der Waals surface area contributed by atoms with Gasteiger partial charge in [-0.3, -0.25) is 9.59 Å². The maximum Gasteiger partial charge on any atom is 0.235 e. The quantitative estimate of drug-likeness (QED) is 0.656. The number of hydrogen-bond donors (Lipinski definition) is 2. The van der Waals surface area contributed by atoms with E-state index in [0.717, 1.165) is 31.4 Å². The molecular weight excluding hydrogens is 346 g/mol. The molecule has 0 spiro atoms. The molecule has 1 aromatic carbocycles. The second-order valence-corrected chi connectivity index (χ2v) is 7.98. The molecule has 3 aromatic rings. The number of H-pyrrole nitrogens is 1. The number of nitrogens with zero attached hydrogens (tertiary/aromatic N) is 1. The number of thiazole rings is 1. The van der Waals surface area contributed by atoms with E-state index in [1.54, 1.807) is 11.3 Å². The van der Waals surface area contributed by atoms with Crippen molar-refractivity contribution in [3.05, 3.63) is 51.8 Å². The summed E-state index contributed by atoms with van der Waals surface area (Å²) in [6.45, 7) is 7.82. The normalized spacial score (nSPS) is 13.7. The Morgan fingerprint density at radius 1 is 1.27 bits per heavy atom. The topological polar surface area (TPSA) is 67.3 Å². The number of carbonyl (C=O) groups excluding carboxylic acids is 2. The number of aryl methyl sites for hydroxylation is 1. The van der Waals surface area contributed by atoms with Crippen LogP contribution in [0.3, 0.4) is 0 Å². The minimum absolute atomic E-state index is 0.0156. The van der Waals surface area contributed by atoms with Gasteiger partial charge in [-0.05, 0) is 45.4 Å². The largest absolute Gasteiger partial charge is 0.355 e. The zero-order valence-corrected chi connectivity index (χ0v) is 16.6. The molecule has 0 amide bonds. The van der Waals surface area contributed by atoms with E-state index in [1.165, 1.54) is 6.92 Å². The Hall–Kier alpha value is -2.31. The molecule has 0 radical (unpaired) electrons. The van der Waals surface area contributed by atoms with Crippen LogP contribution in [0.1, 0.15) is 51.0 Å². The number of ketones is 2. The SMILES string of the molecule is CC(=O)c1c(C)[nH]c(C(=O)[C@@H](C)[NH+](C)Cc2nc3ccccc3s2)c1C. The third kappa shape index (κ3) is 3.34. The van der Waals surface area contributed by atoms with Crippen LogP contribution in [0.25, 0.3) is 10.2 Å². The van der Waals surface area contributed by atoms with Crippen LogP contribution in [0.4, 0.5) is 0 Å². The average molecular weight is 370 g/mol. The summed E-state index contributed by atoms with van der Waals surface area (Å²) in [6, 6.07) is 7.83. The van der Waals surface area contributed by atoms with Gasteiger partial charge in [-0.1, -0.05) is 12.1 Å². The molecule has 0 aliphatic carbocycles. The summed E-state index contributed by atoms with van der Waals surface area (Å²) in [5, 5.41) is 1.02. The molecule has 136 valence electrons. The van der Waals surface area contributed by atoms with E-state index >= 15 is 0 Å². The number of likely N-dealkylation sites (N-methyl/N-ethyl adjacent to an activating group) is 1. The molecule has 0 fully saturated rings. The van der Waals surface area contributed by atoms with E-state index in [4.69, 9.17) is 0 Å². The van der Waals surface area contributed by atoms with Crippen molar-refractivity contribution in [3.63, 3.8) is 0 Å². The lowest BCUT2D eigenvalue weighted by Gasteiger charge is -2.19. The number of aromatic nitrogens is 2. The molecule has 2 N–H and O–H groups in total. The smallest absolute Gasteiger partial charge is 0.235 e. The van der Waals surface area contributed by atoms with Gasteiger partial charge in [0.05, 0.1) is 23.0 Å². The summed E-state index contributed by atoms with van der Waals surface area (Å²) >= 11 is 1.67. The number of carbonyl (C=O) groups is 2. The molecule has 2 aromatic heterocycles. The first-order valence-electron chi connectivity index (χ1n) is 8.70. The van der Waals surface area contributed by atoms with Crippen LogP contribution in [-0.2, 0) is 6.54 Å². The Morgan fingerprint density at radius 2 is 1.96 bits per heavy atom. The molecule has 0 saturated carbocycles. The highest BCUT2D eigenvalue weighted by molar-refractivity contribution is 7.18. The van der Waals surface area contributed by atoms with Crippen LogP contribution in [0.2, 0.25) is 0 Å². The molecule has 0 bridgehead atoms. The summed E-state index contributed by atoms with van der Waals surface area (Å²) in [5.74, 6) is 0.00911. The number of fused-ring (bicyclic) bond motifs is 1. The van der Waals surface area contributed by atoms with E-state index in [1.807, 2.05) is 46.0 Å². The number of nitrogens with one attached hydrogen (secondary N) is 2. The molecule has 26 heavy (non-hydrogen) atoms. The highest BCUT2D eigenvalue weighted by Crippen LogP contribution is 2.21. The van der Waals surface area contributed by atoms with Crippen molar-refractivity contribution < 1.29 is 14.5 Å². The molecule has 0 aliphatic heterocycles.